The first-order valence-corrected chi connectivity index (χ1v) is 9.88. The van der Waals surface area contributed by atoms with Gasteiger partial charge in [0.05, 0.1) is 18.1 Å². The molecule has 0 aliphatic rings. The van der Waals surface area contributed by atoms with Crippen molar-refractivity contribution in [1.82, 2.24) is 19.8 Å². The second-order valence-electron chi connectivity index (χ2n) is 6.70. The molecule has 0 spiro atoms. The smallest absolute Gasteiger partial charge is 0.271 e. The van der Waals surface area contributed by atoms with Crippen LogP contribution in [0.1, 0.15) is 30.8 Å². The van der Waals surface area contributed by atoms with E-state index < -0.39 is 0 Å². The van der Waals surface area contributed by atoms with Gasteiger partial charge in [-0.25, -0.2) is 4.98 Å². The van der Waals surface area contributed by atoms with Gasteiger partial charge in [0.25, 0.3) is 5.56 Å². The fourth-order valence-corrected chi connectivity index (χ4v) is 3.80. The van der Waals surface area contributed by atoms with Gasteiger partial charge in [-0.1, -0.05) is 37.3 Å². The minimum atomic E-state index is 0.0515. The zero-order valence-electron chi connectivity index (χ0n) is 15.6. The fraction of sp³-hybridized carbons (Fsp3) is 0.400. The molecule has 5 nitrogen and oxygen atoms in total. The quantitative estimate of drug-likeness (QED) is 0.662. The largest absolute Gasteiger partial charge is 0.308 e. The predicted octanol–water partition coefficient (Wildman–Crippen LogP) is 3.11. The highest BCUT2D eigenvalue weighted by Gasteiger charge is 2.19. The lowest BCUT2D eigenvalue weighted by Crippen LogP contribution is -2.35. The summed E-state index contributed by atoms with van der Waals surface area (Å²) in [5, 5.41) is 5.51. The van der Waals surface area contributed by atoms with Crippen LogP contribution in [0.2, 0.25) is 0 Å². The van der Waals surface area contributed by atoms with Crippen molar-refractivity contribution in [1.29, 1.82) is 0 Å². The van der Waals surface area contributed by atoms with Gasteiger partial charge in [-0.2, -0.15) is 0 Å². The first-order valence-electron chi connectivity index (χ1n) is 9.00. The molecule has 3 rings (SSSR count). The summed E-state index contributed by atoms with van der Waals surface area (Å²) in [6.45, 7) is 4.47. The number of fused-ring (bicyclic) bond motifs is 1. The minimum Gasteiger partial charge on any atom is -0.308 e. The number of aromatic nitrogens is 2. The Hall–Kier alpha value is -2.02. The number of benzene rings is 1. The summed E-state index contributed by atoms with van der Waals surface area (Å²) >= 11 is 1.47. The van der Waals surface area contributed by atoms with Crippen molar-refractivity contribution in [3.05, 3.63) is 63.5 Å². The Morgan fingerprint density at radius 2 is 2.00 bits per heavy atom. The van der Waals surface area contributed by atoms with Gasteiger partial charge in [0.2, 0.25) is 0 Å². The lowest BCUT2D eigenvalue weighted by Gasteiger charge is -2.22. The molecule has 1 atom stereocenters. The minimum absolute atomic E-state index is 0.0515. The zero-order chi connectivity index (χ0) is 18.5. The molecule has 138 valence electrons. The van der Waals surface area contributed by atoms with Crippen LogP contribution in [0.25, 0.3) is 10.2 Å². The summed E-state index contributed by atoms with van der Waals surface area (Å²) in [6.07, 6.45) is 0.879. The first kappa shape index (κ1) is 18.8. The Labute approximate surface area is 158 Å². The molecule has 1 aromatic carbocycles. The van der Waals surface area contributed by atoms with E-state index in [1.165, 1.54) is 11.3 Å². The van der Waals surface area contributed by atoms with Crippen LogP contribution in [0.4, 0.5) is 0 Å². The lowest BCUT2D eigenvalue weighted by atomic mass is 10.1. The van der Waals surface area contributed by atoms with E-state index in [1.54, 1.807) is 0 Å². The molecule has 26 heavy (non-hydrogen) atoms. The van der Waals surface area contributed by atoms with E-state index >= 15 is 0 Å². The fourth-order valence-electron chi connectivity index (χ4n) is 3.03. The van der Waals surface area contributed by atoms with Crippen LogP contribution in [0, 0.1) is 0 Å². The Morgan fingerprint density at radius 3 is 2.69 bits per heavy atom. The summed E-state index contributed by atoms with van der Waals surface area (Å²) in [6, 6.07) is 12.1. The van der Waals surface area contributed by atoms with E-state index in [2.05, 4.69) is 43.4 Å². The van der Waals surface area contributed by atoms with Gasteiger partial charge in [0.15, 0.2) is 0 Å². The molecule has 1 N–H and O–H groups in total. The van der Waals surface area contributed by atoms with Gasteiger partial charge < -0.3 is 10.2 Å². The number of rotatable bonds is 8. The van der Waals surface area contributed by atoms with Crippen molar-refractivity contribution in [2.45, 2.75) is 25.9 Å². The number of hydrogen-bond acceptors (Lipinski definition) is 5. The lowest BCUT2D eigenvalue weighted by molar-refractivity contribution is 0.373. The van der Waals surface area contributed by atoms with Crippen LogP contribution in [0.5, 0.6) is 0 Å². The third-order valence-electron chi connectivity index (χ3n) is 4.45. The number of nitrogens with zero attached hydrogens (tertiary/aromatic N) is 3. The molecule has 0 saturated carbocycles. The van der Waals surface area contributed by atoms with Crippen LogP contribution in [-0.4, -0.2) is 41.6 Å². The van der Waals surface area contributed by atoms with Gasteiger partial charge in [0, 0.05) is 13.1 Å². The summed E-state index contributed by atoms with van der Waals surface area (Å²) < 4.78 is 2.57. The molecular weight excluding hydrogens is 344 g/mol. The number of likely N-dealkylation sites (N-methyl/N-ethyl adjacent to an activating group) is 1. The Morgan fingerprint density at radius 1 is 1.23 bits per heavy atom. The SMILES string of the molecule is CCC(NCCN(C)C)c1nc2ccsc2c(=O)n1Cc1ccccc1. The van der Waals surface area contributed by atoms with Crippen LogP contribution in [0.3, 0.4) is 0 Å². The van der Waals surface area contributed by atoms with Crippen molar-refractivity contribution in [3.63, 3.8) is 0 Å². The highest BCUT2D eigenvalue weighted by Crippen LogP contribution is 2.20. The monoisotopic (exact) mass is 370 g/mol. The van der Waals surface area contributed by atoms with E-state index in [0.29, 0.717) is 6.54 Å². The van der Waals surface area contributed by atoms with Crippen molar-refractivity contribution in [2.75, 3.05) is 27.2 Å². The molecule has 0 aliphatic heterocycles. The number of hydrogen-bond donors (Lipinski definition) is 1. The van der Waals surface area contributed by atoms with Gasteiger partial charge >= 0.3 is 0 Å². The number of thiophene rings is 1. The molecule has 6 heteroatoms. The standard InChI is InChI=1S/C20H26N4OS/c1-4-16(21-11-12-23(2)3)19-22-17-10-13-26-18(17)20(25)24(19)14-15-8-6-5-7-9-15/h5-10,13,16,21H,4,11-12,14H2,1-3H3. The average Bonchev–Trinajstić information content (AvgIpc) is 3.11. The van der Waals surface area contributed by atoms with E-state index in [9.17, 15) is 4.79 Å². The van der Waals surface area contributed by atoms with Crippen LogP contribution < -0.4 is 10.9 Å². The predicted molar refractivity (Wildman–Crippen MR) is 109 cm³/mol. The highest BCUT2D eigenvalue weighted by atomic mass is 32.1. The molecule has 2 heterocycles. The van der Waals surface area contributed by atoms with Crippen LogP contribution >= 0.6 is 11.3 Å². The van der Waals surface area contributed by atoms with Crippen LogP contribution in [0.15, 0.2) is 46.6 Å². The summed E-state index contributed by atoms with van der Waals surface area (Å²) in [5.41, 5.74) is 1.96. The number of nitrogens with one attached hydrogen (secondary N) is 1. The topological polar surface area (TPSA) is 50.2 Å². The van der Waals surface area contributed by atoms with Gasteiger partial charge in [-0.3, -0.25) is 9.36 Å². The van der Waals surface area contributed by atoms with E-state index in [1.807, 2.05) is 34.2 Å². The average molecular weight is 371 g/mol. The van der Waals surface area contributed by atoms with Crippen molar-refractivity contribution in [3.8, 4) is 0 Å². The molecule has 2 aromatic heterocycles. The van der Waals surface area contributed by atoms with Gasteiger partial charge in [0.1, 0.15) is 10.5 Å². The van der Waals surface area contributed by atoms with Crippen molar-refractivity contribution < 1.29 is 0 Å². The first-order chi connectivity index (χ1) is 12.6. The maximum atomic E-state index is 13.1. The third kappa shape index (κ3) is 4.20. The Kier molecular flexibility index (Phi) is 6.19. The Balaban J connectivity index is 2.01. The molecule has 0 saturated heterocycles. The van der Waals surface area contributed by atoms with Crippen molar-refractivity contribution in [2.24, 2.45) is 0 Å². The molecule has 1 unspecified atom stereocenters. The maximum absolute atomic E-state index is 13.1. The molecule has 0 radical (unpaired) electrons. The van der Waals surface area contributed by atoms with Crippen LogP contribution in [-0.2, 0) is 6.54 Å². The van der Waals surface area contributed by atoms with Gasteiger partial charge in [-0.15, -0.1) is 11.3 Å². The molecule has 3 aromatic rings. The maximum Gasteiger partial charge on any atom is 0.271 e. The molecule has 0 amide bonds. The molecule has 0 aliphatic carbocycles. The molecule has 0 bridgehead atoms. The van der Waals surface area contributed by atoms with Crippen molar-refractivity contribution >= 4 is 21.6 Å². The van der Waals surface area contributed by atoms with E-state index in [4.69, 9.17) is 4.98 Å². The van der Waals surface area contributed by atoms with E-state index in [0.717, 1.165) is 41.1 Å². The Bertz CT molecular complexity index is 901. The second-order valence-corrected chi connectivity index (χ2v) is 7.62. The highest BCUT2D eigenvalue weighted by molar-refractivity contribution is 7.17. The zero-order valence-corrected chi connectivity index (χ0v) is 16.4. The normalized spacial score (nSPS) is 12.8. The summed E-state index contributed by atoms with van der Waals surface area (Å²) in [5.74, 6) is 0.825. The van der Waals surface area contributed by atoms with Gasteiger partial charge in [-0.05, 0) is 37.5 Å². The molecule has 0 fully saturated rings. The second kappa shape index (κ2) is 8.58. The summed E-state index contributed by atoms with van der Waals surface area (Å²) in [4.78, 5) is 20.1. The summed E-state index contributed by atoms with van der Waals surface area (Å²) in [7, 11) is 4.12. The molecular formula is C20H26N4OS. The third-order valence-corrected chi connectivity index (χ3v) is 5.34. The van der Waals surface area contributed by atoms with E-state index in [-0.39, 0.29) is 11.6 Å².